The molecule has 0 bridgehead atoms. The molecule has 18 heavy (non-hydrogen) atoms. The molecule has 0 saturated heterocycles. The molecule has 5 heteroatoms. The third-order valence-corrected chi connectivity index (χ3v) is 4.75. The highest BCUT2D eigenvalue weighted by molar-refractivity contribution is 6.66. The van der Waals surface area contributed by atoms with Gasteiger partial charge in [0.15, 0.2) is 0 Å². The maximum atomic E-state index is 11.1. The maximum Gasteiger partial charge on any atom is 0.374 e. The number of rotatable bonds is 11. The van der Waals surface area contributed by atoms with Gasteiger partial charge in [-0.2, -0.15) is 0 Å². The van der Waals surface area contributed by atoms with Crippen molar-refractivity contribution in [3.63, 3.8) is 0 Å². The van der Waals surface area contributed by atoms with Crippen molar-refractivity contribution in [2.24, 2.45) is 0 Å². The molecule has 0 aliphatic heterocycles. The van der Waals surface area contributed by atoms with E-state index in [1.165, 1.54) is 0 Å². The van der Waals surface area contributed by atoms with E-state index in [-0.39, 0.29) is 6.23 Å². The minimum Gasteiger partial charge on any atom is -0.461 e. The summed E-state index contributed by atoms with van der Waals surface area (Å²) in [5.41, 5.74) is 0. The summed E-state index contributed by atoms with van der Waals surface area (Å²) in [4.78, 5) is 11.1. The maximum absolute atomic E-state index is 11.1. The zero-order valence-corrected chi connectivity index (χ0v) is 12.9. The average molecular weight is 274 g/mol. The molecule has 0 radical (unpaired) electrons. The van der Waals surface area contributed by atoms with Gasteiger partial charge < -0.3 is 13.6 Å². The van der Waals surface area contributed by atoms with Crippen LogP contribution in [0.5, 0.6) is 0 Å². The summed E-state index contributed by atoms with van der Waals surface area (Å²) >= 11 is 0. The first-order valence-electron chi connectivity index (χ1n) is 6.65. The molecule has 0 N–H and O–H groups in total. The van der Waals surface area contributed by atoms with E-state index in [1.54, 1.807) is 0 Å². The van der Waals surface area contributed by atoms with Gasteiger partial charge in [-0.05, 0) is 19.4 Å². The Balaban J connectivity index is 4.18. The molecule has 0 unspecified atom stereocenters. The van der Waals surface area contributed by atoms with Gasteiger partial charge >= 0.3 is 14.5 Å². The Morgan fingerprint density at radius 1 is 1.17 bits per heavy atom. The lowest BCUT2D eigenvalue weighted by Crippen LogP contribution is -2.45. The number of ether oxygens (including phenoxy) is 1. The molecule has 0 aliphatic carbocycles. The van der Waals surface area contributed by atoms with Crippen molar-refractivity contribution >= 4 is 14.5 Å². The molecule has 0 aromatic heterocycles. The van der Waals surface area contributed by atoms with Crippen molar-refractivity contribution in [2.45, 2.75) is 46.1 Å². The molecule has 0 fully saturated rings. The van der Waals surface area contributed by atoms with E-state index in [0.29, 0.717) is 13.2 Å². The molecule has 0 aromatic rings. The van der Waals surface area contributed by atoms with Crippen LogP contribution in [-0.4, -0.2) is 34.0 Å². The first-order chi connectivity index (χ1) is 8.58. The Morgan fingerprint density at radius 3 is 2.06 bits per heavy atom. The highest BCUT2D eigenvalue weighted by atomic mass is 28.4. The predicted octanol–water partition coefficient (Wildman–Crippen LogP) is 2.96. The molecule has 0 rings (SSSR count). The highest BCUT2D eigenvalue weighted by Gasteiger charge is 2.33. The third kappa shape index (κ3) is 8.44. The van der Waals surface area contributed by atoms with Crippen molar-refractivity contribution < 1.29 is 18.4 Å². The Morgan fingerprint density at radius 2 is 1.67 bits per heavy atom. The highest BCUT2D eigenvalue weighted by Crippen LogP contribution is 2.10. The van der Waals surface area contributed by atoms with E-state index >= 15 is 0 Å². The molecule has 0 saturated carbocycles. The zero-order chi connectivity index (χ0) is 13.9. The molecule has 0 aliphatic rings. The fraction of sp³-hybridized carbons (Fsp3) is 0.769. The van der Waals surface area contributed by atoms with E-state index in [2.05, 4.69) is 20.4 Å². The lowest BCUT2D eigenvalue weighted by atomic mass is 10.4. The molecule has 0 spiro atoms. The molecule has 0 amide bonds. The SMILES string of the molecule is C=CC(=O)OC[Si](C)(OCCCC)OCCCC. The standard InChI is InChI=1S/C13H26O4Si/c1-5-8-10-16-18(4,17-11-9-6-2)12-15-13(14)7-3/h7H,3,5-6,8-12H2,1-2,4H3. The van der Waals surface area contributed by atoms with Crippen molar-refractivity contribution in [1.82, 2.24) is 0 Å². The van der Waals surface area contributed by atoms with Crippen molar-refractivity contribution in [3.05, 3.63) is 12.7 Å². The van der Waals surface area contributed by atoms with Crippen LogP contribution in [0.4, 0.5) is 0 Å². The van der Waals surface area contributed by atoms with Crippen LogP contribution in [-0.2, 0) is 18.4 Å². The number of esters is 1. The Labute approximate surface area is 112 Å². The zero-order valence-electron chi connectivity index (χ0n) is 11.9. The topological polar surface area (TPSA) is 44.8 Å². The van der Waals surface area contributed by atoms with Gasteiger partial charge in [0.05, 0.1) is 0 Å². The van der Waals surface area contributed by atoms with Gasteiger partial charge in [0.1, 0.15) is 6.23 Å². The van der Waals surface area contributed by atoms with Crippen LogP contribution in [0.2, 0.25) is 6.55 Å². The summed E-state index contributed by atoms with van der Waals surface area (Å²) < 4.78 is 16.7. The summed E-state index contributed by atoms with van der Waals surface area (Å²) in [6.07, 6.45) is 5.53. The van der Waals surface area contributed by atoms with Gasteiger partial charge in [0.25, 0.3) is 0 Å². The second kappa shape index (κ2) is 10.3. The molecular formula is C13H26O4Si. The van der Waals surface area contributed by atoms with Gasteiger partial charge in [-0.15, -0.1) is 0 Å². The summed E-state index contributed by atoms with van der Waals surface area (Å²) in [7, 11) is -2.39. The Bertz CT molecular complexity index is 233. The van der Waals surface area contributed by atoms with Gasteiger partial charge in [-0.25, -0.2) is 4.79 Å². The van der Waals surface area contributed by atoms with Gasteiger partial charge in [-0.3, -0.25) is 0 Å². The lowest BCUT2D eigenvalue weighted by molar-refractivity contribution is -0.136. The van der Waals surface area contributed by atoms with Crippen LogP contribution in [0.1, 0.15) is 39.5 Å². The second-order valence-electron chi connectivity index (χ2n) is 4.35. The Hall–Kier alpha value is -0.653. The lowest BCUT2D eigenvalue weighted by Gasteiger charge is -2.26. The summed E-state index contributed by atoms with van der Waals surface area (Å²) in [5, 5.41) is 0. The fourth-order valence-electron chi connectivity index (χ4n) is 1.25. The van der Waals surface area contributed by atoms with Crippen molar-refractivity contribution in [1.29, 1.82) is 0 Å². The van der Waals surface area contributed by atoms with Gasteiger partial charge in [0.2, 0.25) is 0 Å². The normalized spacial score (nSPS) is 11.3. The number of carbonyl (C=O) groups excluding carboxylic acids is 1. The van der Waals surface area contributed by atoms with Crippen LogP contribution >= 0.6 is 0 Å². The molecule has 4 nitrogen and oxygen atoms in total. The molecule has 106 valence electrons. The minimum absolute atomic E-state index is 0.227. The van der Waals surface area contributed by atoms with E-state index in [1.807, 2.05) is 6.55 Å². The summed E-state index contributed by atoms with van der Waals surface area (Å²) in [6, 6.07) is 0. The van der Waals surface area contributed by atoms with Crippen LogP contribution in [0.15, 0.2) is 12.7 Å². The predicted molar refractivity (Wildman–Crippen MR) is 74.5 cm³/mol. The van der Waals surface area contributed by atoms with E-state index in [9.17, 15) is 4.79 Å². The number of hydrogen-bond acceptors (Lipinski definition) is 4. The summed E-state index contributed by atoms with van der Waals surface area (Å²) in [6.45, 7) is 10.9. The van der Waals surface area contributed by atoms with Crippen LogP contribution in [0.3, 0.4) is 0 Å². The molecule has 0 atom stereocenters. The van der Waals surface area contributed by atoms with Crippen molar-refractivity contribution in [2.75, 3.05) is 19.4 Å². The second-order valence-corrected chi connectivity index (χ2v) is 7.48. The average Bonchev–Trinajstić information content (AvgIpc) is 2.37. The van der Waals surface area contributed by atoms with Crippen LogP contribution in [0.25, 0.3) is 0 Å². The quantitative estimate of drug-likeness (QED) is 0.251. The molecule has 0 aromatic carbocycles. The smallest absolute Gasteiger partial charge is 0.374 e. The van der Waals surface area contributed by atoms with Gasteiger partial charge in [0, 0.05) is 19.3 Å². The minimum atomic E-state index is -2.39. The Kier molecular flexibility index (Phi) is 9.91. The van der Waals surface area contributed by atoms with Crippen LogP contribution in [0, 0.1) is 0 Å². The first kappa shape index (κ1) is 17.3. The number of hydrogen-bond donors (Lipinski definition) is 0. The van der Waals surface area contributed by atoms with E-state index in [4.69, 9.17) is 13.6 Å². The molecular weight excluding hydrogens is 248 g/mol. The fourth-order valence-corrected chi connectivity index (χ4v) is 3.06. The van der Waals surface area contributed by atoms with E-state index < -0.39 is 14.5 Å². The third-order valence-electron chi connectivity index (χ3n) is 2.45. The first-order valence-corrected chi connectivity index (χ1v) is 9.17. The largest absolute Gasteiger partial charge is 0.461 e. The monoisotopic (exact) mass is 274 g/mol. The van der Waals surface area contributed by atoms with E-state index in [0.717, 1.165) is 31.8 Å². The van der Waals surface area contributed by atoms with Crippen LogP contribution < -0.4 is 0 Å². The number of unbranched alkanes of at least 4 members (excludes halogenated alkanes) is 2. The molecule has 0 heterocycles. The summed E-state index contributed by atoms with van der Waals surface area (Å²) in [5.74, 6) is -0.424. The van der Waals surface area contributed by atoms with Crippen molar-refractivity contribution in [3.8, 4) is 0 Å². The van der Waals surface area contributed by atoms with Gasteiger partial charge in [-0.1, -0.05) is 33.3 Å². The number of carbonyl (C=O) groups is 1.